The summed E-state index contributed by atoms with van der Waals surface area (Å²) >= 11 is -0.262. The Morgan fingerprint density at radius 1 is 1.22 bits per heavy atom. The van der Waals surface area contributed by atoms with E-state index in [2.05, 4.69) is 9.36 Å². The average molecular weight is 365 g/mol. The van der Waals surface area contributed by atoms with Crippen LogP contribution >= 0.6 is 11.5 Å². The van der Waals surface area contributed by atoms with E-state index >= 15 is 0 Å². The van der Waals surface area contributed by atoms with Gasteiger partial charge in [0, 0.05) is 12.5 Å². The van der Waals surface area contributed by atoms with Gasteiger partial charge in [0.1, 0.15) is 0 Å². The van der Waals surface area contributed by atoms with Crippen LogP contribution in [0, 0.1) is 5.92 Å². The summed E-state index contributed by atoms with van der Waals surface area (Å²) in [7, 11) is 0. The molecule has 0 bridgehead atoms. The zero-order valence-corrected chi connectivity index (χ0v) is 13.0. The van der Waals surface area contributed by atoms with Crippen molar-refractivity contribution in [3.8, 4) is 0 Å². The Morgan fingerprint density at radius 3 is 2.04 bits per heavy atom. The highest BCUT2D eigenvalue weighted by atomic mass is 32.1. The summed E-state index contributed by atoms with van der Waals surface area (Å²) in [6.07, 6.45) is -12.1. The second-order valence-electron chi connectivity index (χ2n) is 4.84. The molecule has 0 radical (unpaired) electrons. The van der Waals surface area contributed by atoms with Crippen LogP contribution in [0.2, 0.25) is 0 Å². The minimum Gasteiger partial charge on any atom is -0.368 e. The molecule has 1 heterocycles. The molecule has 0 aliphatic rings. The molecule has 12 heteroatoms. The minimum atomic E-state index is -6.04. The summed E-state index contributed by atoms with van der Waals surface area (Å²) in [5, 5.41) is 7.53. The van der Waals surface area contributed by atoms with Gasteiger partial charge in [-0.3, -0.25) is 9.69 Å². The predicted octanol–water partition coefficient (Wildman–Crippen LogP) is 2.86. The molecular formula is C11H13F6N3O2S. The smallest absolute Gasteiger partial charge is 0.368 e. The van der Waals surface area contributed by atoms with Gasteiger partial charge in [-0.05, 0) is 18.5 Å². The highest BCUT2D eigenvalue weighted by Crippen LogP contribution is 2.50. The average Bonchev–Trinajstić information content (AvgIpc) is 2.85. The number of aliphatic hydroxyl groups is 1. The van der Waals surface area contributed by atoms with Crippen LogP contribution in [-0.2, 0) is 10.4 Å². The van der Waals surface area contributed by atoms with Crippen LogP contribution in [0.3, 0.4) is 0 Å². The number of rotatable bonds is 4. The highest BCUT2D eigenvalue weighted by molar-refractivity contribution is 7.05. The fourth-order valence-electron chi connectivity index (χ4n) is 1.58. The van der Waals surface area contributed by atoms with Gasteiger partial charge in [0.15, 0.2) is 5.01 Å². The fraction of sp³-hybridized carbons (Fsp3) is 0.727. The first-order chi connectivity index (χ1) is 10.3. The Labute approximate surface area is 131 Å². The van der Waals surface area contributed by atoms with Crippen molar-refractivity contribution in [2.45, 2.75) is 38.7 Å². The van der Waals surface area contributed by atoms with E-state index in [9.17, 15) is 36.2 Å². The number of carbonyl (C=O) groups excluding carboxylic acids is 1. The van der Waals surface area contributed by atoms with Crippen LogP contribution in [0.15, 0.2) is 0 Å². The Morgan fingerprint density at radius 2 is 1.70 bits per heavy atom. The van der Waals surface area contributed by atoms with Crippen molar-refractivity contribution in [2.24, 2.45) is 5.92 Å². The summed E-state index contributed by atoms with van der Waals surface area (Å²) in [6.45, 7) is 4.41. The first kappa shape index (κ1) is 19.6. The molecule has 23 heavy (non-hydrogen) atoms. The standard InChI is InChI=1S/C11H13F6N3O2S/c1-4-20(6(21)5(2)3)8-18-7(23-19-8)9(22,10(12,13)14)11(15,16)17/h5,22H,4H2,1-3H3. The Hall–Kier alpha value is -1.43. The molecule has 0 atom stereocenters. The third-order valence-electron chi connectivity index (χ3n) is 2.86. The van der Waals surface area contributed by atoms with Crippen molar-refractivity contribution in [1.29, 1.82) is 0 Å². The van der Waals surface area contributed by atoms with E-state index in [0.717, 1.165) is 4.90 Å². The lowest BCUT2D eigenvalue weighted by molar-refractivity contribution is -0.376. The lowest BCUT2D eigenvalue weighted by atomic mass is 10.0. The van der Waals surface area contributed by atoms with E-state index in [-0.39, 0.29) is 18.1 Å². The Bertz CT molecular complexity index is 555. The number of hydrogen-bond donors (Lipinski definition) is 1. The van der Waals surface area contributed by atoms with Crippen LogP contribution in [0.1, 0.15) is 25.8 Å². The van der Waals surface area contributed by atoms with E-state index in [4.69, 9.17) is 0 Å². The monoisotopic (exact) mass is 365 g/mol. The van der Waals surface area contributed by atoms with E-state index in [1.807, 2.05) is 0 Å². The molecule has 0 fully saturated rings. The molecule has 132 valence electrons. The number of hydrogen-bond acceptors (Lipinski definition) is 5. The zero-order valence-electron chi connectivity index (χ0n) is 12.2. The van der Waals surface area contributed by atoms with Gasteiger partial charge >= 0.3 is 18.0 Å². The number of nitrogens with zero attached hydrogens (tertiary/aromatic N) is 3. The number of anilines is 1. The lowest BCUT2D eigenvalue weighted by Gasteiger charge is -2.29. The van der Waals surface area contributed by atoms with Gasteiger partial charge in [-0.25, -0.2) is 4.98 Å². The molecule has 0 aliphatic carbocycles. The largest absolute Gasteiger partial charge is 0.433 e. The van der Waals surface area contributed by atoms with Gasteiger partial charge in [-0.15, -0.1) is 0 Å². The Kier molecular flexibility index (Phi) is 5.31. The maximum absolute atomic E-state index is 12.8. The molecule has 0 spiro atoms. The van der Waals surface area contributed by atoms with Gasteiger partial charge < -0.3 is 5.11 Å². The highest BCUT2D eigenvalue weighted by Gasteiger charge is 2.73. The van der Waals surface area contributed by atoms with Gasteiger partial charge in [0.2, 0.25) is 11.9 Å². The van der Waals surface area contributed by atoms with Crippen molar-refractivity contribution in [3.63, 3.8) is 0 Å². The van der Waals surface area contributed by atoms with Crippen LogP contribution in [0.4, 0.5) is 32.3 Å². The quantitative estimate of drug-likeness (QED) is 0.834. The molecular weight excluding hydrogens is 352 g/mol. The first-order valence-electron chi connectivity index (χ1n) is 6.28. The molecule has 0 aliphatic heterocycles. The molecule has 0 saturated heterocycles. The van der Waals surface area contributed by atoms with E-state index in [0.29, 0.717) is 0 Å². The topological polar surface area (TPSA) is 66.3 Å². The van der Waals surface area contributed by atoms with Crippen LogP contribution in [-0.4, -0.2) is 39.3 Å². The number of halogens is 6. The molecule has 1 aromatic heterocycles. The van der Waals surface area contributed by atoms with Gasteiger partial charge in [0.25, 0.3) is 0 Å². The second-order valence-corrected chi connectivity index (χ2v) is 5.59. The number of carbonyl (C=O) groups is 1. The molecule has 0 aromatic carbocycles. The van der Waals surface area contributed by atoms with Crippen molar-refractivity contribution < 1.29 is 36.2 Å². The molecule has 5 nitrogen and oxygen atoms in total. The molecule has 0 unspecified atom stereocenters. The van der Waals surface area contributed by atoms with Gasteiger partial charge in [-0.2, -0.15) is 30.7 Å². The van der Waals surface area contributed by atoms with Crippen molar-refractivity contribution in [2.75, 3.05) is 11.4 Å². The Balaban J connectivity index is 3.37. The zero-order chi connectivity index (χ0) is 18.2. The lowest BCUT2D eigenvalue weighted by Crippen LogP contribution is -2.53. The maximum atomic E-state index is 12.8. The maximum Gasteiger partial charge on any atom is 0.433 e. The number of alkyl halides is 6. The molecule has 1 N–H and O–H groups in total. The van der Waals surface area contributed by atoms with Gasteiger partial charge in [-0.1, -0.05) is 13.8 Å². The summed E-state index contributed by atoms with van der Waals surface area (Å²) in [6, 6.07) is 0. The molecule has 1 amide bonds. The van der Waals surface area contributed by atoms with E-state index in [1.165, 1.54) is 20.8 Å². The van der Waals surface area contributed by atoms with E-state index < -0.39 is 40.7 Å². The fourth-order valence-corrected chi connectivity index (χ4v) is 2.38. The molecule has 0 saturated carbocycles. The minimum absolute atomic E-state index is 0.0519. The van der Waals surface area contributed by atoms with Gasteiger partial charge in [0.05, 0.1) is 0 Å². The third-order valence-corrected chi connectivity index (χ3v) is 3.68. The SMILES string of the molecule is CCN(C(=O)C(C)C)c1nsc(C(O)(C(F)(F)F)C(F)(F)F)n1. The first-order valence-corrected chi connectivity index (χ1v) is 7.06. The van der Waals surface area contributed by atoms with Crippen molar-refractivity contribution >= 4 is 23.4 Å². The van der Waals surface area contributed by atoms with Crippen molar-refractivity contribution in [3.05, 3.63) is 5.01 Å². The summed E-state index contributed by atoms with van der Waals surface area (Å²) in [5.74, 6) is -1.75. The second kappa shape index (κ2) is 6.23. The third kappa shape index (κ3) is 3.42. The molecule has 1 rings (SSSR count). The van der Waals surface area contributed by atoms with Crippen molar-refractivity contribution in [1.82, 2.24) is 9.36 Å². The predicted molar refractivity (Wildman–Crippen MR) is 68.8 cm³/mol. The van der Waals surface area contributed by atoms with Crippen LogP contribution in [0.5, 0.6) is 0 Å². The van der Waals surface area contributed by atoms with Crippen LogP contribution < -0.4 is 4.90 Å². The number of amides is 1. The molecule has 1 aromatic rings. The number of aromatic nitrogens is 2. The summed E-state index contributed by atoms with van der Waals surface area (Å²) < 4.78 is 79.9. The van der Waals surface area contributed by atoms with E-state index in [1.54, 1.807) is 0 Å². The normalized spacial score (nSPS) is 13.5. The van der Waals surface area contributed by atoms with Crippen LogP contribution in [0.25, 0.3) is 0 Å². The summed E-state index contributed by atoms with van der Waals surface area (Å²) in [4.78, 5) is 15.8. The summed E-state index contributed by atoms with van der Waals surface area (Å²) in [5.41, 5.74) is -5.14.